The van der Waals surface area contributed by atoms with Crippen molar-refractivity contribution in [3.05, 3.63) is 34.7 Å². The Kier molecular flexibility index (Phi) is 4.25. The third-order valence-corrected chi connectivity index (χ3v) is 4.11. The lowest BCUT2D eigenvalue weighted by Crippen LogP contribution is -2.35. The predicted molar refractivity (Wildman–Crippen MR) is 81.6 cm³/mol. The Balaban J connectivity index is 1.73. The minimum absolute atomic E-state index is 0.0391. The minimum Gasteiger partial charge on any atom is -0.352 e. The first-order chi connectivity index (χ1) is 10.8. The first kappa shape index (κ1) is 14.4. The third kappa shape index (κ3) is 2.89. The Hall–Kier alpha value is -2.53. The maximum atomic E-state index is 12.4. The Morgan fingerprint density at radius 2 is 2.05 bits per heavy atom. The predicted octanol–water partition coefficient (Wildman–Crippen LogP) is 1.16. The van der Waals surface area contributed by atoms with E-state index in [4.69, 9.17) is 5.26 Å². The number of nitrogens with zero attached hydrogens (tertiary/aromatic N) is 6. The van der Waals surface area contributed by atoms with Gasteiger partial charge in [-0.05, 0) is 6.42 Å². The first-order valence-corrected chi connectivity index (χ1v) is 7.87. The smallest absolute Gasteiger partial charge is 0.273 e. The van der Waals surface area contributed by atoms with E-state index < -0.39 is 0 Å². The second-order valence-corrected chi connectivity index (χ2v) is 5.57. The molecule has 3 rings (SSSR count). The molecule has 0 unspecified atom stereocenters. The Bertz CT molecular complexity index is 696. The molecule has 1 amide bonds. The van der Waals surface area contributed by atoms with Crippen molar-refractivity contribution < 1.29 is 4.79 Å². The van der Waals surface area contributed by atoms with Gasteiger partial charge in [-0.3, -0.25) is 4.79 Å². The molecule has 1 aliphatic heterocycles. The molecule has 8 heteroatoms. The van der Waals surface area contributed by atoms with Crippen LogP contribution in [0.2, 0.25) is 0 Å². The first-order valence-electron chi connectivity index (χ1n) is 6.93. The highest BCUT2D eigenvalue weighted by molar-refractivity contribution is 7.07. The molecule has 0 aliphatic carbocycles. The van der Waals surface area contributed by atoms with Gasteiger partial charge in [0, 0.05) is 44.0 Å². The average Bonchev–Trinajstić information content (AvgIpc) is 2.99. The van der Waals surface area contributed by atoms with E-state index in [1.807, 2.05) is 4.90 Å². The average molecular weight is 314 g/mol. The van der Waals surface area contributed by atoms with E-state index in [1.54, 1.807) is 22.0 Å². The fourth-order valence-corrected chi connectivity index (χ4v) is 2.98. The van der Waals surface area contributed by atoms with Crippen LogP contribution >= 0.6 is 11.3 Å². The van der Waals surface area contributed by atoms with Gasteiger partial charge in [0.05, 0.1) is 5.51 Å². The summed E-state index contributed by atoms with van der Waals surface area (Å²) in [6.45, 7) is 2.63. The summed E-state index contributed by atoms with van der Waals surface area (Å²) < 4.78 is 0. The van der Waals surface area contributed by atoms with E-state index in [9.17, 15) is 4.79 Å². The molecule has 0 N–H and O–H groups in total. The number of amides is 1. The van der Waals surface area contributed by atoms with Crippen LogP contribution in [-0.4, -0.2) is 51.9 Å². The second kappa shape index (κ2) is 6.49. The molecule has 2 aromatic rings. The van der Waals surface area contributed by atoms with Crippen molar-refractivity contribution in [3.8, 4) is 6.07 Å². The van der Waals surface area contributed by atoms with Crippen molar-refractivity contribution in [2.24, 2.45) is 0 Å². The third-order valence-electron chi connectivity index (χ3n) is 3.52. The monoisotopic (exact) mass is 314 g/mol. The van der Waals surface area contributed by atoms with Gasteiger partial charge in [0.25, 0.3) is 5.91 Å². The van der Waals surface area contributed by atoms with E-state index in [0.717, 1.165) is 13.0 Å². The van der Waals surface area contributed by atoms with Crippen molar-refractivity contribution in [3.63, 3.8) is 0 Å². The number of hydrogen-bond acceptors (Lipinski definition) is 7. The van der Waals surface area contributed by atoms with Gasteiger partial charge in [0.1, 0.15) is 11.8 Å². The molecule has 0 bridgehead atoms. The largest absolute Gasteiger partial charge is 0.352 e. The zero-order chi connectivity index (χ0) is 15.4. The molecule has 1 fully saturated rings. The van der Waals surface area contributed by atoms with Crippen LogP contribution < -0.4 is 4.90 Å². The van der Waals surface area contributed by atoms with Gasteiger partial charge in [-0.1, -0.05) is 0 Å². The summed E-state index contributed by atoms with van der Waals surface area (Å²) in [7, 11) is 0. The molecule has 0 spiro atoms. The lowest BCUT2D eigenvalue weighted by atomic mass is 10.3. The summed E-state index contributed by atoms with van der Waals surface area (Å²) in [4.78, 5) is 28.5. The molecular weight excluding hydrogens is 300 g/mol. The van der Waals surface area contributed by atoms with E-state index >= 15 is 0 Å². The molecule has 22 heavy (non-hydrogen) atoms. The van der Waals surface area contributed by atoms with Gasteiger partial charge >= 0.3 is 0 Å². The molecule has 1 aliphatic rings. The van der Waals surface area contributed by atoms with Crippen molar-refractivity contribution in [1.29, 1.82) is 5.26 Å². The zero-order valence-electron chi connectivity index (χ0n) is 11.8. The SMILES string of the molecule is N#Cc1nccnc1N1CCCN(C(=O)c2cscn2)CC1. The fraction of sp³-hybridized carbons (Fsp3) is 0.357. The second-order valence-electron chi connectivity index (χ2n) is 4.85. The number of nitriles is 1. The van der Waals surface area contributed by atoms with Crippen molar-refractivity contribution in [1.82, 2.24) is 19.9 Å². The van der Waals surface area contributed by atoms with Crippen molar-refractivity contribution in [2.45, 2.75) is 6.42 Å². The Morgan fingerprint density at radius 3 is 2.82 bits per heavy atom. The lowest BCUT2D eigenvalue weighted by molar-refractivity contribution is 0.0762. The van der Waals surface area contributed by atoms with Crippen LogP contribution in [-0.2, 0) is 0 Å². The van der Waals surface area contributed by atoms with Crippen molar-refractivity contribution in [2.75, 3.05) is 31.1 Å². The van der Waals surface area contributed by atoms with Gasteiger partial charge in [-0.25, -0.2) is 15.0 Å². The van der Waals surface area contributed by atoms with Crippen LogP contribution in [0.1, 0.15) is 22.6 Å². The standard InChI is InChI=1S/C14H14N6OS/c15-8-11-13(17-3-2-16-11)19-4-1-5-20(7-6-19)14(21)12-9-22-10-18-12/h2-3,9-10H,1,4-7H2. The van der Waals surface area contributed by atoms with Gasteiger partial charge in [0.2, 0.25) is 0 Å². The highest BCUT2D eigenvalue weighted by atomic mass is 32.1. The summed E-state index contributed by atoms with van der Waals surface area (Å²) in [5.41, 5.74) is 2.48. The van der Waals surface area contributed by atoms with Crippen LogP contribution in [0.25, 0.3) is 0 Å². The number of hydrogen-bond donors (Lipinski definition) is 0. The molecule has 0 atom stereocenters. The van der Waals surface area contributed by atoms with Crippen LogP contribution in [0.4, 0.5) is 5.82 Å². The normalized spacial score (nSPS) is 15.2. The number of thiazole rings is 1. The number of carbonyl (C=O) groups is 1. The van der Waals surface area contributed by atoms with Gasteiger partial charge in [0.15, 0.2) is 11.5 Å². The van der Waals surface area contributed by atoms with E-state index in [-0.39, 0.29) is 5.91 Å². The summed E-state index contributed by atoms with van der Waals surface area (Å²) in [6.07, 6.45) is 3.91. The zero-order valence-corrected chi connectivity index (χ0v) is 12.7. The molecule has 112 valence electrons. The summed E-state index contributed by atoms with van der Waals surface area (Å²) in [6, 6.07) is 2.07. The maximum Gasteiger partial charge on any atom is 0.273 e. The highest BCUT2D eigenvalue weighted by Crippen LogP contribution is 2.17. The highest BCUT2D eigenvalue weighted by Gasteiger charge is 2.23. The van der Waals surface area contributed by atoms with E-state index in [2.05, 4.69) is 21.0 Å². The number of carbonyl (C=O) groups excluding carboxylic acids is 1. The summed E-state index contributed by atoms with van der Waals surface area (Å²) in [5, 5.41) is 10.9. The topological polar surface area (TPSA) is 86.0 Å². The molecule has 2 aromatic heterocycles. The number of anilines is 1. The minimum atomic E-state index is -0.0391. The van der Waals surface area contributed by atoms with E-state index in [1.165, 1.54) is 17.5 Å². The van der Waals surface area contributed by atoms with Crippen LogP contribution in [0.15, 0.2) is 23.3 Å². The quantitative estimate of drug-likeness (QED) is 0.827. The molecule has 3 heterocycles. The van der Waals surface area contributed by atoms with Crippen LogP contribution in [0, 0.1) is 11.3 Å². The Morgan fingerprint density at radius 1 is 1.18 bits per heavy atom. The number of aromatic nitrogens is 3. The molecule has 7 nitrogen and oxygen atoms in total. The van der Waals surface area contributed by atoms with Gasteiger partial charge in [-0.15, -0.1) is 11.3 Å². The molecule has 0 radical (unpaired) electrons. The number of rotatable bonds is 2. The maximum absolute atomic E-state index is 12.4. The molecule has 0 aromatic carbocycles. The molecular formula is C14H14N6OS. The Labute approximate surface area is 131 Å². The van der Waals surface area contributed by atoms with Crippen molar-refractivity contribution >= 4 is 23.1 Å². The molecule has 0 saturated carbocycles. The summed E-state index contributed by atoms with van der Waals surface area (Å²) >= 11 is 1.42. The van der Waals surface area contributed by atoms with Crippen LogP contribution in [0.5, 0.6) is 0 Å². The van der Waals surface area contributed by atoms with Gasteiger partial charge < -0.3 is 9.80 Å². The lowest BCUT2D eigenvalue weighted by Gasteiger charge is -2.22. The molecule has 1 saturated heterocycles. The van der Waals surface area contributed by atoms with Crippen LogP contribution in [0.3, 0.4) is 0 Å². The van der Waals surface area contributed by atoms with E-state index in [0.29, 0.717) is 36.8 Å². The summed E-state index contributed by atoms with van der Waals surface area (Å²) in [5.74, 6) is 0.552. The fourth-order valence-electron chi connectivity index (χ4n) is 2.45. The van der Waals surface area contributed by atoms with Gasteiger partial charge in [-0.2, -0.15) is 5.26 Å².